The van der Waals surface area contributed by atoms with Crippen LogP contribution in [0.4, 0.5) is 13.2 Å². The van der Waals surface area contributed by atoms with Crippen LogP contribution in [0.15, 0.2) is 0 Å². The predicted molar refractivity (Wildman–Crippen MR) is 48.7 cm³/mol. The van der Waals surface area contributed by atoms with Crippen molar-refractivity contribution in [3.8, 4) is 0 Å². The van der Waals surface area contributed by atoms with Gasteiger partial charge in [-0.15, -0.1) is 0 Å². The topological polar surface area (TPSA) is 52.6 Å². The zero-order valence-electron chi connectivity index (χ0n) is 8.85. The molecule has 0 bridgehead atoms. The Morgan fingerprint density at radius 1 is 1.40 bits per heavy atom. The van der Waals surface area contributed by atoms with Crippen molar-refractivity contribution < 1.29 is 23.1 Å². The molecule has 4 nitrogen and oxygen atoms in total. The van der Waals surface area contributed by atoms with Gasteiger partial charge in [0.05, 0.1) is 0 Å². The number of nitrogens with zero attached hydrogens (tertiary/aromatic N) is 1. The second-order valence-corrected chi connectivity index (χ2v) is 3.66. The van der Waals surface area contributed by atoms with E-state index in [1.807, 2.05) is 5.32 Å². The highest BCUT2D eigenvalue weighted by molar-refractivity contribution is 5.79. The third-order valence-corrected chi connectivity index (χ3v) is 2.03. The van der Waals surface area contributed by atoms with Gasteiger partial charge in [-0.3, -0.25) is 5.32 Å². The first kappa shape index (κ1) is 14.2. The normalized spacial score (nSPS) is 16.5. The number of halogens is 3. The third kappa shape index (κ3) is 3.67. The minimum atomic E-state index is -4.81. The quantitative estimate of drug-likeness (QED) is 0.721. The third-order valence-electron chi connectivity index (χ3n) is 2.03. The van der Waals surface area contributed by atoms with Crippen LogP contribution in [-0.4, -0.2) is 54.9 Å². The standard InChI is InChI=1S/C8H15F3N2O2/c1-7(6(14)15,8(9,10)11)12-4-5-13(2)3/h12H,4-5H2,1-3H3,(H,14,15). The number of alkyl halides is 3. The number of carboxylic acid groups (broad SMARTS) is 1. The molecular weight excluding hydrogens is 213 g/mol. The smallest absolute Gasteiger partial charge is 0.417 e. The number of rotatable bonds is 5. The Labute approximate surface area is 86.1 Å². The largest absolute Gasteiger partial charge is 0.480 e. The molecule has 0 amide bonds. The monoisotopic (exact) mass is 228 g/mol. The van der Waals surface area contributed by atoms with Gasteiger partial charge in [0, 0.05) is 13.1 Å². The number of carbonyl (C=O) groups is 1. The number of likely N-dealkylation sites (N-methyl/N-ethyl adjacent to an activating group) is 1. The van der Waals surface area contributed by atoms with E-state index in [1.165, 1.54) is 0 Å². The lowest BCUT2D eigenvalue weighted by molar-refractivity contribution is -0.205. The first-order chi connectivity index (χ1) is 6.61. The molecule has 7 heteroatoms. The van der Waals surface area contributed by atoms with Crippen molar-refractivity contribution in [1.29, 1.82) is 0 Å². The molecular formula is C8H15F3N2O2. The molecule has 0 spiro atoms. The molecule has 0 rings (SSSR count). The van der Waals surface area contributed by atoms with Gasteiger partial charge in [-0.05, 0) is 21.0 Å². The second kappa shape index (κ2) is 4.80. The van der Waals surface area contributed by atoms with Crippen LogP contribution in [0.2, 0.25) is 0 Å². The molecule has 0 radical (unpaired) electrons. The van der Waals surface area contributed by atoms with Gasteiger partial charge in [0.25, 0.3) is 0 Å². The summed E-state index contributed by atoms with van der Waals surface area (Å²) in [5, 5.41) is 10.5. The van der Waals surface area contributed by atoms with E-state index >= 15 is 0 Å². The molecule has 0 aromatic carbocycles. The van der Waals surface area contributed by atoms with Crippen molar-refractivity contribution in [3.63, 3.8) is 0 Å². The molecule has 0 aliphatic heterocycles. The van der Waals surface area contributed by atoms with Gasteiger partial charge in [0.2, 0.25) is 5.54 Å². The average Bonchev–Trinajstić information content (AvgIpc) is 2.00. The Bertz CT molecular complexity index is 230. The number of hydrogen-bond donors (Lipinski definition) is 2. The predicted octanol–water partition coefficient (Wildman–Crippen LogP) is 0.543. The number of nitrogens with one attached hydrogen (secondary N) is 1. The maximum Gasteiger partial charge on any atom is 0.417 e. The van der Waals surface area contributed by atoms with E-state index < -0.39 is 17.7 Å². The fourth-order valence-electron chi connectivity index (χ4n) is 0.827. The number of hydrogen-bond acceptors (Lipinski definition) is 3. The lowest BCUT2D eigenvalue weighted by atomic mass is 10.0. The summed E-state index contributed by atoms with van der Waals surface area (Å²) in [6.45, 7) is 0.902. The van der Waals surface area contributed by atoms with Crippen LogP contribution in [0.3, 0.4) is 0 Å². The fraction of sp³-hybridized carbons (Fsp3) is 0.875. The molecule has 2 N–H and O–H groups in total. The van der Waals surface area contributed by atoms with Gasteiger partial charge in [0.15, 0.2) is 0 Å². The van der Waals surface area contributed by atoms with Crippen LogP contribution in [-0.2, 0) is 4.79 Å². The Kier molecular flexibility index (Phi) is 4.54. The van der Waals surface area contributed by atoms with E-state index in [0.717, 1.165) is 0 Å². The van der Waals surface area contributed by atoms with Gasteiger partial charge < -0.3 is 10.0 Å². The van der Waals surface area contributed by atoms with Crippen molar-refractivity contribution in [2.45, 2.75) is 18.6 Å². The van der Waals surface area contributed by atoms with E-state index in [2.05, 4.69) is 0 Å². The van der Waals surface area contributed by atoms with E-state index in [9.17, 15) is 18.0 Å². The maximum absolute atomic E-state index is 12.4. The van der Waals surface area contributed by atoms with Crippen LogP contribution >= 0.6 is 0 Å². The summed E-state index contributed by atoms with van der Waals surface area (Å²) in [5.41, 5.74) is -2.89. The summed E-state index contributed by atoms with van der Waals surface area (Å²) in [6.07, 6.45) is -4.81. The average molecular weight is 228 g/mol. The van der Waals surface area contributed by atoms with E-state index in [-0.39, 0.29) is 6.54 Å². The zero-order chi connectivity index (χ0) is 12.3. The van der Waals surface area contributed by atoms with Crippen LogP contribution in [0.25, 0.3) is 0 Å². The van der Waals surface area contributed by atoms with Crippen molar-refractivity contribution >= 4 is 5.97 Å². The summed E-state index contributed by atoms with van der Waals surface area (Å²) >= 11 is 0. The van der Waals surface area contributed by atoms with E-state index in [0.29, 0.717) is 13.5 Å². The molecule has 90 valence electrons. The van der Waals surface area contributed by atoms with Crippen LogP contribution in [0, 0.1) is 0 Å². The Morgan fingerprint density at radius 2 is 1.87 bits per heavy atom. The Balaban J connectivity index is 4.48. The maximum atomic E-state index is 12.4. The van der Waals surface area contributed by atoms with Gasteiger partial charge in [0.1, 0.15) is 0 Å². The SMILES string of the molecule is CN(C)CCNC(C)(C(=O)O)C(F)(F)F. The molecule has 0 heterocycles. The van der Waals surface area contributed by atoms with Crippen LogP contribution in [0.1, 0.15) is 6.92 Å². The van der Waals surface area contributed by atoms with Crippen molar-refractivity contribution in [2.75, 3.05) is 27.2 Å². The van der Waals surface area contributed by atoms with E-state index in [1.54, 1.807) is 19.0 Å². The molecule has 0 aromatic heterocycles. The van der Waals surface area contributed by atoms with Crippen LogP contribution < -0.4 is 5.32 Å². The summed E-state index contributed by atoms with van der Waals surface area (Å²) in [7, 11) is 3.38. The minimum Gasteiger partial charge on any atom is -0.480 e. The van der Waals surface area contributed by atoms with Gasteiger partial charge in [-0.2, -0.15) is 13.2 Å². The summed E-state index contributed by atoms with van der Waals surface area (Å²) in [5.74, 6) is -1.92. The molecule has 1 atom stereocenters. The first-order valence-electron chi connectivity index (χ1n) is 4.31. The molecule has 0 saturated heterocycles. The number of aliphatic carboxylic acids is 1. The lowest BCUT2D eigenvalue weighted by Gasteiger charge is -2.29. The summed E-state index contributed by atoms with van der Waals surface area (Å²) in [6, 6.07) is 0. The number of carboxylic acids is 1. The highest BCUT2D eigenvalue weighted by Crippen LogP contribution is 2.30. The first-order valence-corrected chi connectivity index (χ1v) is 4.31. The summed E-state index contributed by atoms with van der Waals surface area (Å²) in [4.78, 5) is 12.2. The molecule has 0 aromatic rings. The molecule has 0 saturated carbocycles. The van der Waals surface area contributed by atoms with Crippen molar-refractivity contribution in [1.82, 2.24) is 10.2 Å². The molecule has 0 fully saturated rings. The highest BCUT2D eigenvalue weighted by atomic mass is 19.4. The van der Waals surface area contributed by atoms with Crippen molar-refractivity contribution in [2.24, 2.45) is 0 Å². The molecule has 0 aliphatic carbocycles. The fourth-order valence-corrected chi connectivity index (χ4v) is 0.827. The lowest BCUT2D eigenvalue weighted by Crippen LogP contribution is -2.61. The Hall–Kier alpha value is -0.820. The highest BCUT2D eigenvalue weighted by Gasteiger charge is 2.56. The van der Waals surface area contributed by atoms with Gasteiger partial charge in [-0.1, -0.05) is 0 Å². The zero-order valence-corrected chi connectivity index (χ0v) is 8.85. The second-order valence-electron chi connectivity index (χ2n) is 3.66. The van der Waals surface area contributed by atoms with Crippen LogP contribution in [0.5, 0.6) is 0 Å². The van der Waals surface area contributed by atoms with Crippen molar-refractivity contribution in [3.05, 3.63) is 0 Å². The molecule has 15 heavy (non-hydrogen) atoms. The van der Waals surface area contributed by atoms with Gasteiger partial charge in [-0.25, -0.2) is 4.79 Å². The van der Waals surface area contributed by atoms with E-state index in [4.69, 9.17) is 5.11 Å². The van der Waals surface area contributed by atoms with Gasteiger partial charge >= 0.3 is 12.1 Å². The minimum absolute atomic E-state index is 0.0463. The molecule has 1 unspecified atom stereocenters. The molecule has 0 aliphatic rings. The Morgan fingerprint density at radius 3 is 2.13 bits per heavy atom. The summed E-state index contributed by atoms with van der Waals surface area (Å²) < 4.78 is 37.3.